The van der Waals surface area contributed by atoms with Crippen molar-refractivity contribution >= 4 is 11.7 Å². The number of hydrogen-bond donors (Lipinski definition) is 0. The van der Waals surface area contributed by atoms with Gasteiger partial charge < -0.3 is 14.5 Å². The smallest absolute Gasteiger partial charge is 0.253 e. The Morgan fingerprint density at radius 2 is 1.53 bits per heavy atom. The van der Waals surface area contributed by atoms with Gasteiger partial charge in [-0.3, -0.25) is 4.79 Å². The molecule has 154 valence electrons. The summed E-state index contributed by atoms with van der Waals surface area (Å²) in [6, 6.07) is 17.8. The largest absolute Gasteiger partial charge is 0.497 e. The van der Waals surface area contributed by atoms with E-state index >= 15 is 0 Å². The zero-order valence-electron chi connectivity index (χ0n) is 17.6. The molecule has 1 fully saturated rings. The van der Waals surface area contributed by atoms with Crippen LogP contribution in [0.1, 0.15) is 21.5 Å². The molecule has 0 unspecified atom stereocenters. The number of nitrogens with zero attached hydrogens (tertiary/aromatic N) is 4. The van der Waals surface area contributed by atoms with Crippen molar-refractivity contribution in [3.8, 4) is 17.0 Å². The maximum atomic E-state index is 12.9. The van der Waals surface area contributed by atoms with Gasteiger partial charge in [-0.15, -0.1) is 10.2 Å². The van der Waals surface area contributed by atoms with Crippen LogP contribution in [0.4, 0.5) is 5.82 Å². The Bertz CT molecular complexity index is 1000. The number of rotatable bonds is 4. The highest BCUT2D eigenvalue weighted by atomic mass is 16.5. The SMILES string of the molecule is COc1ccc(-c2ccc(N3CCN(C(=O)c4cc(C)cc(C)c4)CC3)nn2)cc1. The lowest BCUT2D eigenvalue weighted by Gasteiger charge is -2.35. The Kier molecular flexibility index (Phi) is 5.65. The first-order valence-corrected chi connectivity index (χ1v) is 10.1. The number of carbonyl (C=O) groups is 1. The molecular formula is C24H26N4O2. The minimum absolute atomic E-state index is 0.0994. The van der Waals surface area contributed by atoms with Crippen LogP contribution in [0.15, 0.2) is 54.6 Å². The summed E-state index contributed by atoms with van der Waals surface area (Å²) in [5.41, 5.74) is 4.82. The van der Waals surface area contributed by atoms with Gasteiger partial charge in [0.15, 0.2) is 5.82 Å². The first-order valence-electron chi connectivity index (χ1n) is 10.1. The molecule has 1 aromatic heterocycles. The third kappa shape index (κ3) is 4.27. The summed E-state index contributed by atoms with van der Waals surface area (Å²) in [7, 11) is 1.65. The van der Waals surface area contributed by atoms with E-state index < -0.39 is 0 Å². The number of aromatic nitrogens is 2. The maximum absolute atomic E-state index is 12.9. The highest BCUT2D eigenvalue weighted by Gasteiger charge is 2.23. The van der Waals surface area contributed by atoms with Gasteiger partial charge in [0, 0.05) is 37.3 Å². The Morgan fingerprint density at radius 3 is 2.10 bits per heavy atom. The molecule has 6 heteroatoms. The monoisotopic (exact) mass is 402 g/mol. The molecule has 0 saturated carbocycles. The Hall–Kier alpha value is -3.41. The standard InChI is InChI=1S/C24H26N4O2/c1-17-14-18(2)16-20(15-17)24(29)28-12-10-27(11-13-28)23-9-8-22(25-26-23)19-4-6-21(30-3)7-5-19/h4-9,14-16H,10-13H2,1-3H3. The van der Waals surface area contributed by atoms with Crippen LogP contribution < -0.4 is 9.64 Å². The van der Waals surface area contributed by atoms with Gasteiger partial charge in [0.2, 0.25) is 0 Å². The van der Waals surface area contributed by atoms with Gasteiger partial charge in [-0.05, 0) is 62.4 Å². The molecule has 2 aromatic carbocycles. The second-order valence-electron chi connectivity index (χ2n) is 7.66. The van der Waals surface area contributed by atoms with Gasteiger partial charge in [-0.25, -0.2) is 0 Å². The molecule has 3 aromatic rings. The van der Waals surface area contributed by atoms with Crippen molar-refractivity contribution in [3.63, 3.8) is 0 Å². The first kappa shape index (κ1) is 19.9. The molecular weight excluding hydrogens is 376 g/mol. The lowest BCUT2D eigenvalue weighted by Crippen LogP contribution is -2.49. The van der Waals surface area contributed by atoms with Crippen LogP contribution in [-0.4, -0.2) is 54.3 Å². The molecule has 0 atom stereocenters. The molecule has 1 saturated heterocycles. The van der Waals surface area contributed by atoms with E-state index in [1.165, 1.54) is 0 Å². The number of benzene rings is 2. The van der Waals surface area contributed by atoms with Gasteiger partial charge in [-0.2, -0.15) is 0 Å². The van der Waals surface area contributed by atoms with Crippen molar-refractivity contribution in [2.75, 3.05) is 38.2 Å². The van der Waals surface area contributed by atoms with Crippen molar-refractivity contribution in [1.82, 2.24) is 15.1 Å². The lowest BCUT2D eigenvalue weighted by molar-refractivity contribution is 0.0746. The predicted molar refractivity (Wildman–Crippen MR) is 118 cm³/mol. The fraction of sp³-hybridized carbons (Fsp3) is 0.292. The Balaban J connectivity index is 1.39. The summed E-state index contributed by atoms with van der Waals surface area (Å²) in [6.07, 6.45) is 0. The molecule has 1 aliphatic rings. The second-order valence-corrected chi connectivity index (χ2v) is 7.66. The summed E-state index contributed by atoms with van der Waals surface area (Å²) in [6.45, 7) is 6.88. The molecule has 30 heavy (non-hydrogen) atoms. The number of methoxy groups -OCH3 is 1. The normalized spacial score (nSPS) is 14.0. The molecule has 0 spiro atoms. The molecule has 2 heterocycles. The number of amides is 1. The van der Waals surface area contributed by atoms with E-state index in [1.54, 1.807) is 7.11 Å². The van der Waals surface area contributed by atoms with Crippen molar-refractivity contribution in [2.24, 2.45) is 0 Å². The highest BCUT2D eigenvalue weighted by Crippen LogP contribution is 2.22. The van der Waals surface area contributed by atoms with Gasteiger partial charge in [0.1, 0.15) is 5.75 Å². The fourth-order valence-corrected chi connectivity index (χ4v) is 3.83. The summed E-state index contributed by atoms with van der Waals surface area (Å²) in [5, 5.41) is 8.80. The van der Waals surface area contributed by atoms with E-state index in [2.05, 4.69) is 21.2 Å². The Morgan fingerprint density at radius 1 is 0.867 bits per heavy atom. The number of piperazine rings is 1. The molecule has 0 radical (unpaired) electrons. The summed E-state index contributed by atoms with van der Waals surface area (Å²) in [5.74, 6) is 1.75. The van der Waals surface area contributed by atoms with E-state index in [4.69, 9.17) is 4.74 Å². The fourth-order valence-electron chi connectivity index (χ4n) is 3.83. The Labute approximate surface area is 177 Å². The molecule has 1 amide bonds. The quantitative estimate of drug-likeness (QED) is 0.666. The van der Waals surface area contributed by atoms with E-state index in [0.29, 0.717) is 13.1 Å². The van der Waals surface area contributed by atoms with Crippen LogP contribution >= 0.6 is 0 Å². The number of ether oxygens (including phenoxy) is 1. The summed E-state index contributed by atoms with van der Waals surface area (Å²) >= 11 is 0. The summed E-state index contributed by atoms with van der Waals surface area (Å²) < 4.78 is 5.20. The molecule has 6 nitrogen and oxygen atoms in total. The van der Waals surface area contributed by atoms with Gasteiger partial charge in [0.05, 0.1) is 12.8 Å². The second kappa shape index (κ2) is 8.53. The summed E-state index contributed by atoms with van der Waals surface area (Å²) in [4.78, 5) is 17.0. The van der Waals surface area contributed by atoms with E-state index in [1.807, 2.05) is 67.3 Å². The van der Waals surface area contributed by atoms with Crippen LogP contribution in [0.2, 0.25) is 0 Å². The molecule has 0 aliphatic carbocycles. The molecule has 4 rings (SSSR count). The number of carbonyl (C=O) groups excluding carboxylic acids is 1. The zero-order valence-corrected chi connectivity index (χ0v) is 17.6. The van der Waals surface area contributed by atoms with Crippen LogP contribution in [0.3, 0.4) is 0 Å². The molecule has 0 N–H and O–H groups in total. The van der Waals surface area contributed by atoms with Gasteiger partial charge in [-0.1, -0.05) is 17.2 Å². The third-order valence-corrected chi connectivity index (χ3v) is 5.40. The van der Waals surface area contributed by atoms with Crippen LogP contribution in [0, 0.1) is 13.8 Å². The lowest BCUT2D eigenvalue weighted by atomic mass is 10.1. The predicted octanol–water partition coefficient (Wildman–Crippen LogP) is 3.73. The van der Waals surface area contributed by atoms with E-state index in [9.17, 15) is 4.79 Å². The number of aryl methyl sites for hydroxylation is 2. The third-order valence-electron chi connectivity index (χ3n) is 5.40. The van der Waals surface area contributed by atoms with Crippen molar-refractivity contribution in [2.45, 2.75) is 13.8 Å². The number of hydrogen-bond acceptors (Lipinski definition) is 5. The minimum Gasteiger partial charge on any atom is -0.497 e. The van der Waals surface area contributed by atoms with Crippen LogP contribution in [-0.2, 0) is 0 Å². The average Bonchev–Trinajstić information content (AvgIpc) is 2.78. The van der Waals surface area contributed by atoms with Crippen LogP contribution in [0.25, 0.3) is 11.3 Å². The number of anilines is 1. The average molecular weight is 402 g/mol. The zero-order chi connectivity index (χ0) is 21.1. The van der Waals surface area contributed by atoms with E-state index in [-0.39, 0.29) is 5.91 Å². The van der Waals surface area contributed by atoms with Crippen molar-refractivity contribution in [3.05, 3.63) is 71.3 Å². The topological polar surface area (TPSA) is 58.6 Å². The van der Waals surface area contributed by atoms with Crippen molar-refractivity contribution in [1.29, 1.82) is 0 Å². The van der Waals surface area contributed by atoms with E-state index in [0.717, 1.165) is 52.6 Å². The van der Waals surface area contributed by atoms with Crippen LogP contribution in [0.5, 0.6) is 5.75 Å². The maximum Gasteiger partial charge on any atom is 0.253 e. The molecule has 1 aliphatic heterocycles. The van der Waals surface area contributed by atoms with Gasteiger partial charge >= 0.3 is 0 Å². The molecule has 0 bridgehead atoms. The van der Waals surface area contributed by atoms with Gasteiger partial charge in [0.25, 0.3) is 5.91 Å². The van der Waals surface area contributed by atoms with Crippen molar-refractivity contribution < 1.29 is 9.53 Å². The highest BCUT2D eigenvalue weighted by molar-refractivity contribution is 5.94. The minimum atomic E-state index is 0.0994. The first-order chi connectivity index (χ1) is 14.5.